The van der Waals surface area contributed by atoms with Crippen LogP contribution >= 0.6 is 0 Å². The molecule has 0 atom stereocenters. The number of halogens is 3. The summed E-state index contributed by atoms with van der Waals surface area (Å²) in [4.78, 5) is 7.17. The summed E-state index contributed by atoms with van der Waals surface area (Å²) in [5, 5.41) is 0. The Morgan fingerprint density at radius 3 is 2.38 bits per heavy atom. The SMILES string of the molecule is CCc1cc(C(F)(F)F)nc(C)n1. The van der Waals surface area contributed by atoms with Crippen molar-refractivity contribution < 1.29 is 13.2 Å². The summed E-state index contributed by atoms with van der Waals surface area (Å²) in [7, 11) is 0. The summed E-state index contributed by atoms with van der Waals surface area (Å²) in [6, 6.07) is 0.979. The number of nitrogens with zero attached hydrogens (tertiary/aromatic N) is 2. The lowest BCUT2D eigenvalue weighted by molar-refractivity contribution is -0.141. The molecule has 1 rings (SSSR count). The molecular weight excluding hydrogens is 181 g/mol. The van der Waals surface area contributed by atoms with Crippen molar-refractivity contribution in [1.82, 2.24) is 9.97 Å². The quantitative estimate of drug-likeness (QED) is 0.679. The lowest BCUT2D eigenvalue weighted by Crippen LogP contribution is -2.11. The molecule has 5 heteroatoms. The first kappa shape index (κ1) is 9.95. The maximum atomic E-state index is 12.2. The van der Waals surface area contributed by atoms with Crippen molar-refractivity contribution in [3.63, 3.8) is 0 Å². The van der Waals surface area contributed by atoms with Crippen LogP contribution in [0.2, 0.25) is 0 Å². The van der Waals surface area contributed by atoms with E-state index in [1.54, 1.807) is 6.92 Å². The van der Waals surface area contributed by atoms with Gasteiger partial charge in [-0.05, 0) is 19.4 Å². The van der Waals surface area contributed by atoms with Crippen LogP contribution in [0.1, 0.15) is 24.1 Å². The van der Waals surface area contributed by atoms with Crippen molar-refractivity contribution in [3.05, 3.63) is 23.3 Å². The maximum absolute atomic E-state index is 12.2. The fourth-order valence-corrected chi connectivity index (χ4v) is 0.956. The van der Waals surface area contributed by atoms with E-state index in [1.807, 2.05) is 0 Å². The van der Waals surface area contributed by atoms with Gasteiger partial charge in [0.1, 0.15) is 11.5 Å². The predicted octanol–water partition coefficient (Wildman–Crippen LogP) is 2.37. The average Bonchev–Trinajstić information content (AvgIpc) is 2.01. The molecule has 0 amide bonds. The molecule has 0 aliphatic carbocycles. The van der Waals surface area contributed by atoms with E-state index in [0.717, 1.165) is 6.07 Å². The van der Waals surface area contributed by atoms with Crippen molar-refractivity contribution in [2.45, 2.75) is 26.4 Å². The molecule has 0 spiro atoms. The monoisotopic (exact) mass is 190 g/mol. The van der Waals surface area contributed by atoms with Crippen LogP contribution in [0.3, 0.4) is 0 Å². The highest BCUT2D eigenvalue weighted by molar-refractivity contribution is 5.13. The Morgan fingerprint density at radius 2 is 1.92 bits per heavy atom. The molecule has 0 saturated heterocycles. The summed E-state index contributed by atoms with van der Waals surface area (Å²) in [6.07, 6.45) is -3.90. The zero-order valence-corrected chi connectivity index (χ0v) is 7.31. The third-order valence-electron chi connectivity index (χ3n) is 1.54. The van der Waals surface area contributed by atoms with E-state index in [9.17, 15) is 13.2 Å². The molecule has 0 N–H and O–H groups in total. The fourth-order valence-electron chi connectivity index (χ4n) is 0.956. The van der Waals surface area contributed by atoms with Crippen LogP contribution in [0.5, 0.6) is 0 Å². The second-order valence-electron chi connectivity index (χ2n) is 2.64. The molecule has 0 unspecified atom stereocenters. The Morgan fingerprint density at radius 1 is 1.31 bits per heavy atom. The third-order valence-corrected chi connectivity index (χ3v) is 1.54. The van der Waals surface area contributed by atoms with Gasteiger partial charge >= 0.3 is 6.18 Å². The van der Waals surface area contributed by atoms with Crippen molar-refractivity contribution in [1.29, 1.82) is 0 Å². The molecule has 0 fully saturated rings. The first-order valence-electron chi connectivity index (χ1n) is 3.85. The average molecular weight is 190 g/mol. The second kappa shape index (κ2) is 3.32. The number of rotatable bonds is 1. The Bertz CT molecular complexity index is 307. The van der Waals surface area contributed by atoms with E-state index < -0.39 is 11.9 Å². The second-order valence-corrected chi connectivity index (χ2v) is 2.64. The number of aromatic nitrogens is 2. The minimum atomic E-state index is -4.38. The summed E-state index contributed by atoms with van der Waals surface area (Å²) >= 11 is 0. The van der Waals surface area contributed by atoms with Gasteiger partial charge in [0.25, 0.3) is 0 Å². The maximum Gasteiger partial charge on any atom is 0.433 e. The standard InChI is InChI=1S/C8H9F3N2/c1-3-6-4-7(8(9,10)11)13-5(2)12-6/h4H,3H2,1-2H3. The molecule has 0 aliphatic rings. The zero-order chi connectivity index (χ0) is 10.1. The molecule has 2 nitrogen and oxygen atoms in total. The largest absolute Gasteiger partial charge is 0.433 e. The Kier molecular flexibility index (Phi) is 2.54. The van der Waals surface area contributed by atoms with Crippen LogP contribution in [0.4, 0.5) is 13.2 Å². The zero-order valence-electron chi connectivity index (χ0n) is 7.31. The van der Waals surface area contributed by atoms with E-state index >= 15 is 0 Å². The van der Waals surface area contributed by atoms with Gasteiger partial charge in [0.15, 0.2) is 0 Å². The Hall–Kier alpha value is -1.13. The highest BCUT2D eigenvalue weighted by atomic mass is 19.4. The van der Waals surface area contributed by atoms with Gasteiger partial charge in [-0.1, -0.05) is 6.92 Å². The van der Waals surface area contributed by atoms with Gasteiger partial charge in [0.05, 0.1) is 0 Å². The van der Waals surface area contributed by atoms with Crippen molar-refractivity contribution >= 4 is 0 Å². The molecule has 0 aromatic carbocycles. The predicted molar refractivity (Wildman–Crippen MR) is 41.1 cm³/mol. The molecule has 1 aromatic heterocycles. The molecular formula is C8H9F3N2. The van der Waals surface area contributed by atoms with Crippen LogP contribution in [-0.2, 0) is 12.6 Å². The van der Waals surface area contributed by atoms with E-state index in [2.05, 4.69) is 9.97 Å². The van der Waals surface area contributed by atoms with Gasteiger partial charge in [-0.2, -0.15) is 13.2 Å². The van der Waals surface area contributed by atoms with Crippen LogP contribution in [-0.4, -0.2) is 9.97 Å². The van der Waals surface area contributed by atoms with E-state index in [1.165, 1.54) is 6.92 Å². The Balaban J connectivity index is 3.16. The molecule has 0 bridgehead atoms. The minimum absolute atomic E-state index is 0.159. The number of hydrogen-bond acceptors (Lipinski definition) is 2. The molecule has 0 saturated carbocycles. The van der Waals surface area contributed by atoms with Gasteiger partial charge in [0.2, 0.25) is 0 Å². The summed E-state index contributed by atoms with van der Waals surface area (Å²) in [5.41, 5.74) is -0.448. The van der Waals surface area contributed by atoms with Crippen molar-refractivity contribution in [3.8, 4) is 0 Å². The van der Waals surface area contributed by atoms with Crippen LogP contribution in [0, 0.1) is 6.92 Å². The smallest absolute Gasteiger partial charge is 0.238 e. The van der Waals surface area contributed by atoms with Gasteiger partial charge in [0, 0.05) is 5.69 Å². The highest BCUT2D eigenvalue weighted by Crippen LogP contribution is 2.27. The Labute approximate surface area is 73.8 Å². The van der Waals surface area contributed by atoms with Crippen molar-refractivity contribution in [2.24, 2.45) is 0 Å². The summed E-state index contributed by atoms with van der Waals surface area (Å²) in [6.45, 7) is 3.20. The summed E-state index contributed by atoms with van der Waals surface area (Å²) < 4.78 is 36.6. The normalized spacial score (nSPS) is 11.8. The molecule has 0 aliphatic heterocycles. The van der Waals surface area contributed by atoms with Gasteiger partial charge in [-0.15, -0.1) is 0 Å². The topological polar surface area (TPSA) is 25.8 Å². The van der Waals surface area contributed by atoms with Crippen LogP contribution in [0.25, 0.3) is 0 Å². The van der Waals surface area contributed by atoms with Gasteiger partial charge in [-0.3, -0.25) is 0 Å². The van der Waals surface area contributed by atoms with Crippen LogP contribution < -0.4 is 0 Å². The fraction of sp³-hybridized carbons (Fsp3) is 0.500. The van der Waals surface area contributed by atoms with Gasteiger partial charge < -0.3 is 0 Å². The van der Waals surface area contributed by atoms with Crippen molar-refractivity contribution in [2.75, 3.05) is 0 Å². The molecule has 72 valence electrons. The van der Waals surface area contributed by atoms with Crippen LogP contribution in [0.15, 0.2) is 6.07 Å². The lowest BCUT2D eigenvalue weighted by Gasteiger charge is -2.07. The highest BCUT2D eigenvalue weighted by Gasteiger charge is 2.33. The lowest BCUT2D eigenvalue weighted by atomic mass is 10.2. The first-order chi connectivity index (χ1) is 5.93. The van der Waals surface area contributed by atoms with Gasteiger partial charge in [-0.25, -0.2) is 9.97 Å². The van der Waals surface area contributed by atoms with E-state index in [4.69, 9.17) is 0 Å². The number of aryl methyl sites for hydroxylation is 2. The van der Waals surface area contributed by atoms with E-state index in [-0.39, 0.29) is 5.82 Å². The van der Waals surface area contributed by atoms with E-state index in [0.29, 0.717) is 12.1 Å². The number of hydrogen-bond donors (Lipinski definition) is 0. The summed E-state index contributed by atoms with van der Waals surface area (Å²) in [5.74, 6) is 0.159. The molecule has 1 aromatic rings. The molecule has 0 radical (unpaired) electrons. The minimum Gasteiger partial charge on any atom is -0.238 e. The molecule has 1 heterocycles. The number of alkyl halides is 3. The molecule has 13 heavy (non-hydrogen) atoms. The third kappa shape index (κ3) is 2.40. The first-order valence-corrected chi connectivity index (χ1v) is 3.85.